The molecule has 2 N–H and O–H groups in total. The van der Waals surface area contributed by atoms with Crippen LogP contribution in [0.15, 0.2) is 16.9 Å². The average Bonchev–Trinajstić information content (AvgIpc) is 3.04. The molecule has 0 radical (unpaired) electrons. The molecule has 9 nitrogen and oxygen atoms in total. The number of carboxylic acid groups (broad SMARTS) is 1. The van der Waals surface area contributed by atoms with Crippen molar-refractivity contribution in [1.82, 2.24) is 24.7 Å². The van der Waals surface area contributed by atoms with E-state index < -0.39 is 5.97 Å². The Hall–Kier alpha value is -2.97. The van der Waals surface area contributed by atoms with Gasteiger partial charge in [-0.15, -0.1) is 0 Å². The molecule has 3 heterocycles. The number of fused-ring (bicyclic) bond motifs is 1. The van der Waals surface area contributed by atoms with Crippen LogP contribution in [0.2, 0.25) is 0 Å². The van der Waals surface area contributed by atoms with E-state index >= 15 is 0 Å². The van der Waals surface area contributed by atoms with Gasteiger partial charge in [0, 0.05) is 7.05 Å². The minimum absolute atomic E-state index is 0.155. The molecule has 3 rings (SSSR count). The predicted molar refractivity (Wildman–Crippen MR) is 76.5 cm³/mol. The molecule has 0 amide bonds. The molecule has 0 fully saturated rings. The third-order valence-corrected chi connectivity index (χ3v) is 3.26. The lowest BCUT2D eigenvalue weighted by Crippen LogP contribution is -2.09. The summed E-state index contributed by atoms with van der Waals surface area (Å²) in [7, 11) is 1.79. The van der Waals surface area contributed by atoms with E-state index in [-0.39, 0.29) is 17.7 Å². The number of hydrogen-bond acceptors (Lipinski definition) is 7. The number of anilines is 1. The number of aromatic carboxylic acids is 1. The van der Waals surface area contributed by atoms with Crippen molar-refractivity contribution in [3.8, 4) is 0 Å². The van der Waals surface area contributed by atoms with Crippen LogP contribution in [0.5, 0.6) is 0 Å². The van der Waals surface area contributed by atoms with E-state index in [1.54, 1.807) is 31.8 Å². The number of hydrogen-bond donors (Lipinski definition) is 2. The molecule has 0 bridgehead atoms. The van der Waals surface area contributed by atoms with Crippen LogP contribution in [0.1, 0.15) is 35.1 Å². The van der Waals surface area contributed by atoms with Crippen molar-refractivity contribution < 1.29 is 14.3 Å². The quantitative estimate of drug-likeness (QED) is 0.744. The maximum absolute atomic E-state index is 11.0. The molecule has 1 atom stereocenters. The number of nitrogens with zero attached hydrogens (tertiary/aromatic N) is 5. The molecule has 0 aromatic carbocycles. The summed E-state index contributed by atoms with van der Waals surface area (Å²) in [6.45, 7) is 3.40. The first-order valence-corrected chi connectivity index (χ1v) is 6.57. The maximum Gasteiger partial charge on any atom is 0.373 e. The minimum atomic E-state index is -1.14. The number of oxazole rings is 1. The van der Waals surface area contributed by atoms with Gasteiger partial charge in [0.2, 0.25) is 11.7 Å². The number of carboxylic acids is 1. The fourth-order valence-electron chi connectivity index (χ4n) is 2.14. The molecule has 114 valence electrons. The second kappa shape index (κ2) is 5.10. The second-order valence-electron chi connectivity index (χ2n) is 4.87. The van der Waals surface area contributed by atoms with Crippen molar-refractivity contribution in [3.05, 3.63) is 29.9 Å². The normalized spacial score (nSPS) is 12.5. The van der Waals surface area contributed by atoms with Crippen LogP contribution in [0.3, 0.4) is 0 Å². The zero-order chi connectivity index (χ0) is 15.9. The van der Waals surface area contributed by atoms with E-state index in [0.29, 0.717) is 17.2 Å². The number of carbonyl (C=O) groups is 1. The Morgan fingerprint density at radius 2 is 2.23 bits per heavy atom. The van der Waals surface area contributed by atoms with Crippen molar-refractivity contribution in [2.75, 3.05) is 5.32 Å². The number of rotatable bonds is 4. The summed E-state index contributed by atoms with van der Waals surface area (Å²) < 4.78 is 6.93. The molecule has 0 spiro atoms. The van der Waals surface area contributed by atoms with Crippen LogP contribution in [-0.2, 0) is 7.05 Å². The van der Waals surface area contributed by atoms with Crippen LogP contribution >= 0.6 is 0 Å². The first kappa shape index (κ1) is 14.0. The van der Waals surface area contributed by atoms with Crippen LogP contribution in [-0.4, -0.2) is 35.8 Å². The fourth-order valence-corrected chi connectivity index (χ4v) is 2.14. The summed E-state index contributed by atoms with van der Waals surface area (Å²) in [5.74, 6) is -0.429. The summed E-state index contributed by atoms with van der Waals surface area (Å²) >= 11 is 0. The standard InChI is InChI=1S/C13H14N6O3/c1-6-9(13(20)21)22-12(18-6)7(2)17-10-8-4-16-19(3)11(8)15-5-14-10/h4-5,7H,1-3H3,(H,20,21)(H,14,15,17). The molecule has 0 aliphatic rings. The van der Waals surface area contributed by atoms with Gasteiger partial charge in [-0.3, -0.25) is 4.68 Å². The van der Waals surface area contributed by atoms with Gasteiger partial charge >= 0.3 is 5.97 Å². The van der Waals surface area contributed by atoms with E-state index in [1.165, 1.54) is 6.33 Å². The number of aryl methyl sites for hydroxylation is 2. The van der Waals surface area contributed by atoms with Gasteiger partial charge in [0.1, 0.15) is 18.2 Å². The highest BCUT2D eigenvalue weighted by Crippen LogP contribution is 2.24. The van der Waals surface area contributed by atoms with Crippen LogP contribution in [0.4, 0.5) is 5.82 Å². The van der Waals surface area contributed by atoms with Gasteiger partial charge < -0.3 is 14.8 Å². The SMILES string of the molecule is Cc1nc(C(C)Nc2ncnc3c2cnn3C)oc1C(=O)O. The minimum Gasteiger partial charge on any atom is -0.475 e. The van der Waals surface area contributed by atoms with Gasteiger partial charge in [0.25, 0.3) is 0 Å². The van der Waals surface area contributed by atoms with Gasteiger partial charge in [-0.05, 0) is 13.8 Å². The summed E-state index contributed by atoms with van der Waals surface area (Å²) in [6, 6.07) is -0.356. The Bertz CT molecular complexity index is 853. The van der Waals surface area contributed by atoms with Crippen molar-refractivity contribution in [1.29, 1.82) is 0 Å². The monoisotopic (exact) mass is 302 g/mol. The summed E-state index contributed by atoms with van der Waals surface area (Å²) in [4.78, 5) is 23.5. The van der Waals surface area contributed by atoms with E-state index in [4.69, 9.17) is 9.52 Å². The Morgan fingerprint density at radius 3 is 2.91 bits per heavy atom. The van der Waals surface area contributed by atoms with E-state index in [1.807, 2.05) is 0 Å². The summed E-state index contributed by atoms with van der Waals surface area (Å²) in [5.41, 5.74) is 1.03. The average molecular weight is 302 g/mol. The highest BCUT2D eigenvalue weighted by atomic mass is 16.4. The Labute approximate surface area is 125 Å². The van der Waals surface area contributed by atoms with Gasteiger partial charge in [-0.25, -0.2) is 19.7 Å². The molecule has 0 aliphatic heterocycles. The van der Waals surface area contributed by atoms with Crippen molar-refractivity contribution >= 4 is 22.8 Å². The van der Waals surface area contributed by atoms with Crippen molar-refractivity contribution in [2.45, 2.75) is 19.9 Å². The lowest BCUT2D eigenvalue weighted by atomic mass is 10.3. The smallest absolute Gasteiger partial charge is 0.373 e. The lowest BCUT2D eigenvalue weighted by Gasteiger charge is -2.11. The molecule has 3 aromatic heterocycles. The molecule has 0 saturated heterocycles. The lowest BCUT2D eigenvalue weighted by molar-refractivity contribution is 0.0659. The fraction of sp³-hybridized carbons (Fsp3) is 0.308. The predicted octanol–water partition coefficient (Wildman–Crippen LogP) is 1.53. The molecule has 0 saturated carbocycles. The van der Waals surface area contributed by atoms with E-state index in [0.717, 1.165) is 5.39 Å². The third kappa shape index (κ3) is 2.26. The first-order valence-electron chi connectivity index (χ1n) is 6.57. The Morgan fingerprint density at radius 1 is 1.45 bits per heavy atom. The second-order valence-corrected chi connectivity index (χ2v) is 4.87. The largest absolute Gasteiger partial charge is 0.475 e. The first-order chi connectivity index (χ1) is 10.5. The molecule has 3 aromatic rings. The molecule has 1 unspecified atom stereocenters. The molecule has 22 heavy (non-hydrogen) atoms. The highest BCUT2D eigenvalue weighted by molar-refractivity contribution is 5.86. The van der Waals surface area contributed by atoms with Crippen LogP contribution in [0, 0.1) is 6.92 Å². The zero-order valence-corrected chi connectivity index (χ0v) is 12.2. The number of nitrogens with one attached hydrogen (secondary N) is 1. The highest BCUT2D eigenvalue weighted by Gasteiger charge is 2.21. The number of aromatic nitrogens is 5. The van der Waals surface area contributed by atoms with Gasteiger partial charge in [-0.2, -0.15) is 5.10 Å². The van der Waals surface area contributed by atoms with Gasteiger partial charge in [0.05, 0.1) is 17.3 Å². The zero-order valence-electron chi connectivity index (χ0n) is 12.2. The summed E-state index contributed by atoms with van der Waals surface area (Å²) in [5, 5.41) is 17.0. The van der Waals surface area contributed by atoms with E-state index in [9.17, 15) is 4.79 Å². The molecule has 0 aliphatic carbocycles. The molecule has 9 heteroatoms. The summed E-state index contributed by atoms with van der Waals surface area (Å²) in [6.07, 6.45) is 3.09. The maximum atomic E-state index is 11.0. The Kier molecular flexibility index (Phi) is 3.24. The van der Waals surface area contributed by atoms with E-state index in [2.05, 4.69) is 25.4 Å². The molecular formula is C13H14N6O3. The topological polar surface area (TPSA) is 119 Å². The van der Waals surface area contributed by atoms with Gasteiger partial charge in [-0.1, -0.05) is 0 Å². The van der Waals surface area contributed by atoms with Crippen molar-refractivity contribution in [2.24, 2.45) is 7.05 Å². The van der Waals surface area contributed by atoms with Crippen LogP contribution in [0.25, 0.3) is 11.0 Å². The molecular weight excluding hydrogens is 288 g/mol. The van der Waals surface area contributed by atoms with Crippen LogP contribution < -0.4 is 5.32 Å². The van der Waals surface area contributed by atoms with Gasteiger partial charge in [0.15, 0.2) is 5.65 Å². The van der Waals surface area contributed by atoms with Crippen molar-refractivity contribution in [3.63, 3.8) is 0 Å². The Balaban J connectivity index is 1.91. The third-order valence-electron chi connectivity index (χ3n) is 3.26.